The Morgan fingerprint density at radius 3 is 2.71 bits per heavy atom. The molecule has 6 nitrogen and oxygen atoms in total. The third-order valence-corrected chi connectivity index (χ3v) is 4.64. The Morgan fingerprint density at radius 1 is 1.25 bits per heavy atom. The van der Waals surface area contributed by atoms with E-state index in [1.807, 2.05) is 5.38 Å². The van der Waals surface area contributed by atoms with Crippen LogP contribution in [0.15, 0.2) is 35.8 Å². The predicted octanol–water partition coefficient (Wildman–Crippen LogP) is 1.36. The van der Waals surface area contributed by atoms with Gasteiger partial charge in [0.1, 0.15) is 5.82 Å². The second-order valence-electron chi connectivity index (χ2n) is 5.38. The number of hydrogen-bond acceptors (Lipinski definition) is 5. The van der Waals surface area contributed by atoms with Crippen molar-refractivity contribution in [3.05, 3.63) is 47.2 Å². The van der Waals surface area contributed by atoms with Crippen LogP contribution < -0.4 is 10.2 Å². The summed E-state index contributed by atoms with van der Waals surface area (Å²) in [7, 11) is 0. The topological polar surface area (TPSA) is 65.5 Å². The minimum absolute atomic E-state index is 0.0907. The van der Waals surface area contributed by atoms with Crippen LogP contribution in [0.1, 0.15) is 10.4 Å². The first-order valence-electron chi connectivity index (χ1n) is 7.59. The molecule has 0 radical (unpaired) electrons. The average Bonchev–Trinajstić information content (AvgIpc) is 3.14. The number of aromatic nitrogens is 1. The lowest BCUT2D eigenvalue weighted by Crippen LogP contribution is -2.51. The first-order valence-corrected chi connectivity index (χ1v) is 8.47. The number of nitrogens with one attached hydrogen (secondary N) is 1. The van der Waals surface area contributed by atoms with Crippen LogP contribution in [-0.4, -0.2) is 54.4 Å². The Hall–Kier alpha value is -2.48. The first kappa shape index (κ1) is 16.4. The Morgan fingerprint density at radius 2 is 2.04 bits per heavy atom. The summed E-state index contributed by atoms with van der Waals surface area (Å²) in [6.45, 7) is 2.53. The van der Waals surface area contributed by atoms with E-state index >= 15 is 0 Å². The summed E-state index contributed by atoms with van der Waals surface area (Å²) in [6, 6.07) is 5.38. The Kier molecular flexibility index (Phi) is 5.05. The molecule has 1 aliphatic rings. The third kappa shape index (κ3) is 3.88. The number of hydrogen-bond donors (Lipinski definition) is 1. The molecule has 1 N–H and O–H groups in total. The highest BCUT2D eigenvalue weighted by Gasteiger charge is 2.22. The molecule has 1 saturated heterocycles. The van der Waals surface area contributed by atoms with Crippen LogP contribution in [0.2, 0.25) is 0 Å². The highest BCUT2D eigenvalue weighted by Crippen LogP contribution is 2.18. The summed E-state index contributed by atoms with van der Waals surface area (Å²) >= 11 is 1.58. The van der Waals surface area contributed by atoms with Gasteiger partial charge in [-0.2, -0.15) is 0 Å². The van der Waals surface area contributed by atoms with E-state index in [4.69, 9.17) is 0 Å². The largest absolute Gasteiger partial charge is 0.345 e. The lowest BCUT2D eigenvalue weighted by Gasteiger charge is -2.34. The molecule has 0 spiro atoms. The van der Waals surface area contributed by atoms with Crippen LogP contribution in [-0.2, 0) is 4.79 Å². The van der Waals surface area contributed by atoms with Crippen LogP contribution in [0.4, 0.5) is 9.52 Å². The first-order chi connectivity index (χ1) is 11.6. The van der Waals surface area contributed by atoms with E-state index in [0.29, 0.717) is 13.1 Å². The van der Waals surface area contributed by atoms with Crippen molar-refractivity contribution in [1.82, 2.24) is 15.2 Å². The van der Waals surface area contributed by atoms with Crippen molar-refractivity contribution in [2.24, 2.45) is 0 Å². The lowest BCUT2D eigenvalue weighted by atomic mass is 10.2. The summed E-state index contributed by atoms with van der Waals surface area (Å²) in [5.74, 6) is -1.07. The molecule has 3 rings (SSSR count). The average molecular weight is 348 g/mol. The molecule has 2 aromatic rings. The van der Waals surface area contributed by atoms with E-state index in [9.17, 15) is 14.0 Å². The van der Waals surface area contributed by atoms with Crippen molar-refractivity contribution in [1.29, 1.82) is 0 Å². The molecule has 2 amide bonds. The monoisotopic (exact) mass is 348 g/mol. The predicted molar refractivity (Wildman–Crippen MR) is 89.6 cm³/mol. The van der Waals surface area contributed by atoms with E-state index in [2.05, 4.69) is 15.2 Å². The van der Waals surface area contributed by atoms with E-state index in [-0.39, 0.29) is 18.0 Å². The molecule has 0 aliphatic carbocycles. The molecule has 8 heteroatoms. The number of anilines is 1. The van der Waals surface area contributed by atoms with Crippen molar-refractivity contribution >= 4 is 28.3 Å². The minimum Gasteiger partial charge on any atom is -0.345 e. The third-order valence-electron chi connectivity index (χ3n) is 3.81. The second kappa shape index (κ2) is 7.39. The Bertz CT molecular complexity index is 715. The molecule has 0 unspecified atom stereocenters. The van der Waals surface area contributed by atoms with Gasteiger partial charge in [-0.3, -0.25) is 9.59 Å². The van der Waals surface area contributed by atoms with Crippen LogP contribution in [0.5, 0.6) is 0 Å². The van der Waals surface area contributed by atoms with Crippen molar-refractivity contribution in [2.45, 2.75) is 0 Å². The number of carbonyl (C=O) groups is 2. The zero-order valence-electron chi connectivity index (χ0n) is 12.9. The van der Waals surface area contributed by atoms with Gasteiger partial charge in [0, 0.05) is 43.3 Å². The second-order valence-corrected chi connectivity index (χ2v) is 6.25. The minimum atomic E-state index is -0.479. The van der Waals surface area contributed by atoms with Gasteiger partial charge in [0.15, 0.2) is 5.13 Å². The Labute approximate surface area is 142 Å². The molecular formula is C16H17FN4O2S. The van der Waals surface area contributed by atoms with Gasteiger partial charge in [-0.15, -0.1) is 11.3 Å². The molecule has 126 valence electrons. The van der Waals surface area contributed by atoms with Crippen LogP contribution >= 0.6 is 11.3 Å². The van der Waals surface area contributed by atoms with Crippen molar-refractivity contribution in [2.75, 3.05) is 37.6 Å². The maximum atomic E-state index is 13.1. The molecule has 1 aromatic heterocycles. The zero-order valence-corrected chi connectivity index (χ0v) is 13.8. The van der Waals surface area contributed by atoms with Gasteiger partial charge < -0.3 is 15.1 Å². The smallest absolute Gasteiger partial charge is 0.251 e. The van der Waals surface area contributed by atoms with E-state index in [1.165, 1.54) is 18.2 Å². The van der Waals surface area contributed by atoms with Gasteiger partial charge in [-0.05, 0) is 18.2 Å². The highest BCUT2D eigenvalue weighted by molar-refractivity contribution is 7.13. The normalized spacial score (nSPS) is 14.5. The summed E-state index contributed by atoms with van der Waals surface area (Å²) in [5.41, 5.74) is 0.205. The van der Waals surface area contributed by atoms with Crippen LogP contribution in [0.3, 0.4) is 0 Å². The van der Waals surface area contributed by atoms with E-state index < -0.39 is 11.7 Å². The number of benzene rings is 1. The number of nitrogens with zero attached hydrogens (tertiary/aromatic N) is 3. The molecule has 2 heterocycles. The van der Waals surface area contributed by atoms with Gasteiger partial charge >= 0.3 is 0 Å². The summed E-state index contributed by atoms with van der Waals surface area (Å²) in [6.07, 6.45) is 1.76. The summed E-state index contributed by atoms with van der Waals surface area (Å²) in [5, 5.41) is 5.43. The van der Waals surface area contributed by atoms with E-state index in [0.717, 1.165) is 24.3 Å². The molecule has 0 atom stereocenters. The van der Waals surface area contributed by atoms with E-state index in [1.54, 1.807) is 22.4 Å². The fourth-order valence-electron chi connectivity index (χ4n) is 2.52. The summed E-state index contributed by atoms with van der Waals surface area (Å²) in [4.78, 5) is 32.2. The summed E-state index contributed by atoms with van der Waals surface area (Å²) < 4.78 is 13.1. The number of halogens is 1. The van der Waals surface area contributed by atoms with Crippen LogP contribution in [0, 0.1) is 5.82 Å². The molecule has 1 aliphatic heterocycles. The number of carbonyl (C=O) groups excluding carboxylic acids is 2. The lowest BCUT2D eigenvalue weighted by molar-refractivity contribution is -0.130. The van der Waals surface area contributed by atoms with Crippen molar-refractivity contribution in [3.8, 4) is 0 Å². The molecule has 0 saturated carbocycles. The van der Waals surface area contributed by atoms with Crippen molar-refractivity contribution < 1.29 is 14.0 Å². The van der Waals surface area contributed by atoms with Gasteiger partial charge in [-0.25, -0.2) is 9.37 Å². The SMILES string of the molecule is O=C(NCC(=O)N1CCN(c2nccs2)CC1)c1cccc(F)c1. The molecule has 1 aromatic carbocycles. The van der Waals surface area contributed by atoms with Gasteiger partial charge in [0.25, 0.3) is 5.91 Å². The van der Waals surface area contributed by atoms with Crippen molar-refractivity contribution in [3.63, 3.8) is 0 Å². The fraction of sp³-hybridized carbons (Fsp3) is 0.312. The standard InChI is InChI=1S/C16H17FN4O2S/c17-13-3-1-2-12(10-13)15(23)19-11-14(22)20-5-7-21(8-6-20)16-18-4-9-24-16/h1-4,9-10H,5-8,11H2,(H,19,23). The number of rotatable bonds is 4. The van der Waals surface area contributed by atoms with Gasteiger partial charge in [-0.1, -0.05) is 6.07 Å². The zero-order chi connectivity index (χ0) is 16.9. The van der Waals surface area contributed by atoms with Crippen LogP contribution in [0.25, 0.3) is 0 Å². The van der Waals surface area contributed by atoms with Gasteiger partial charge in [0.2, 0.25) is 5.91 Å². The number of piperazine rings is 1. The molecular weight excluding hydrogens is 331 g/mol. The molecule has 0 bridgehead atoms. The van der Waals surface area contributed by atoms with Gasteiger partial charge in [0.05, 0.1) is 6.54 Å². The number of thiazole rings is 1. The Balaban J connectivity index is 1.47. The highest BCUT2D eigenvalue weighted by atomic mass is 32.1. The number of amides is 2. The quantitative estimate of drug-likeness (QED) is 0.906. The fourth-order valence-corrected chi connectivity index (χ4v) is 3.22. The maximum Gasteiger partial charge on any atom is 0.251 e. The molecule has 1 fully saturated rings. The maximum absolute atomic E-state index is 13.1. The molecule has 24 heavy (non-hydrogen) atoms.